The third-order valence-corrected chi connectivity index (χ3v) is 4.48. The van der Waals surface area contributed by atoms with Crippen LogP contribution in [0.4, 0.5) is 5.82 Å². The van der Waals surface area contributed by atoms with Crippen LogP contribution in [0.3, 0.4) is 0 Å². The Morgan fingerprint density at radius 1 is 1.09 bits per heavy atom. The zero-order chi connectivity index (χ0) is 16.7. The minimum atomic E-state index is 0.566. The molecule has 2 aromatic rings. The lowest BCUT2D eigenvalue weighted by molar-refractivity contribution is 0.256. The molecule has 1 heterocycles. The summed E-state index contributed by atoms with van der Waals surface area (Å²) in [5.41, 5.74) is 7.08. The van der Waals surface area contributed by atoms with Gasteiger partial charge in [0, 0.05) is 17.0 Å². The van der Waals surface area contributed by atoms with E-state index < -0.39 is 0 Å². The Labute approximate surface area is 144 Å². The largest absolute Gasteiger partial charge is 0.382 e. The maximum Gasteiger partial charge on any atom is 0.153 e. The molecule has 0 unspecified atom stereocenters. The molecule has 0 bridgehead atoms. The first kappa shape index (κ1) is 18.1. The van der Waals surface area contributed by atoms with Gasteiger partial charge in [-0.25, -0.2) is 0 Å². The third kappa shape index (κ3) is 5.11. The Morgan fingerprint density at radius 3 is 2.39 bits per heavy atom. The van der Waals surface area contributed by atoms with Gasteiger partial charge in [0.1, 0.15) is 0 Å². The first-order valence-electron chi connectivity index (χ1n) is 8.79. The zero-order valence-electron chi connectivity index (χ0n) is 14.4. The summed E-state index contributed by atoms with van der Waals surface area (Å²) in [6.07, 6.45) is 6.15. The van der Waals surface area contributed by atoms with Gasteiger partial charge in [0.05, 0.1) is 5.52 Å². The molecule has 0 fully saturated rings. The Morgan fingerprint density at radius 2 is 1.74 bits per heavy atom. The van der Waals surface area contributed by atoms with Crippen molar-refractivity contribution < 1.29 is 0 Å². The lowest BCUT2D eigenvalue weighted by Gasteiger charge is -2.21. The van der Waals surface area contributed by atoms with Crippen molar-refractivity contribution in [1.29, 1.82) is 0 Å². The van der Waals surface area contributed by atoms with E-state index in [0.29, 0.717) is 10.8 Å². The molecule has 23 heavy (non-hydrogen) atoms. The van der Waals surface area contributed by atoms with E-state index in [1.807, 2.05) is 22.9 Å². The lowest BCUT2D eigenvalue weighted by atomic mass is 10.2. The molecule has 0 spiro atoms. The summed E-state index contributed by atoms with van der Waals surface area (Å²) in [6, 6.07) is 5.80. The van der Waals surface area contributed by atoms with Crippen LogP contribution >= 0.6 is 11.6 Å². The van der Waals surface area contributed by atoms with Gasteiger partial charge in [0.15, 0.2) is 5.82 Å². The average Bonchev–Trinajstić information content (AvgIpc) is 2.85. The molecule has 1 aromatic carbocycles. The molecule has 2 rings (SSSR count). The summed E-state index contributed by atoms with van der Waals surface area (Å²) in [4.78, 5) is 2.58. The Kier molecular flexibility index (Phi) is 7.18. The number of nitrogens with zero attached hydrogens (tertiary/aromatic N) is 3. The molecule has 128 valence electrons. The standard InChI is InChI=1S/C18H29ClN4/c1-3-5-10-22(11-6-4-2)12-7-13-23-17-9-8-15(19)14-16(17)18(20)21-23/h8-9,14H,3-7,10-13H2,1-2H3,(H2,20,21). The quantitative estimate of drug-likeness (QED) is 0.691. The highest BCUT2D eigenvalue weighted by atomic mass is 35.5. The number of unbranched alkanes of at least 4 members (excludes halogenated alkanes) is 2. The van der Waals surface area contributed by atoms with Crippen LogP contribution in [0.25, 0.3) is 10.9 Å². The number of nitrogen functional groups attached to an aromatic ring is 1. The van der Waals surface area contributed by atoms with Crippen molar-refractivity contribution in [3.8, 4) is 0 Å². The molecular weight excluding hydrogens is 308 g/mol. The van der Waals surface area contributed by atoms with E-state index in [9.17, 15) is 0 Å². The van der Waals surface area contributed by atoms with Gasteiger partial charge in [-0.2, -0.15) is 5.10 Å². The molecule has 0 saturated carbocycles. The predicted molar refractivity (Wildman–Crippen MR) is 100 cm³/mol. The molecular formula is C18H29ClN4. The van der Waals surface area contributed by atoms with E-state index >= 15 is 0 Å². The van der Waals surface area contributed by atoms with E-state index in [-0.39, 0.29) is 0 Å². The first-order valence-corrected chi connectivity index (χ1v) is 9.17. The van der Waals surface area contributed by atoms with Gasteiger partial charge in [-0.15, -0.1) is 0 Å². The van der Waals surface area contributed by atoms with Crippen molar-refractivity contribution in [2.24, 2.45) is 0 Å². The lowest BCUT2D eigenvalue weighted by Crippen LogP contribution is -2.28. The van der Waals surface area contributed by atoms with Gasteiger partial charge in [0.2, 0.25) is 0 Å². The van der Waals surface area contributed by atoms with Crippen LogP contribution in [0.15, 0.2) is 18.2 Å². The van der Waals surface area contributed by atoms with Crippen LogP contribution in [0.2, 0.25) is 5.02 Å². The topological polar surface area (TPSA) is 47.1 Å². The number of hydrogen-bond donors (Lipinski definition) is 1. The van der Waals surface area contributed by atoms with E-state index in [1.165, 1.54) is 38.8 Å². The van der Waals surface area contributed by atoms with E-state index in [0.717, 1.165) is 30.4 Å². The van der Waals surface area contributed by atoms with Crippen LogP contribution < -0.4 is 5.73 Å². The summed E-state index contributed by atoms with van der Waals surface area (Å²) < 4.78 is 2.01. The molecule has 0 aliphatic heterocycles. The first-order chi connectivity index (χ1) is 11.2. The highest BCUT2D eigenvalue weighted by Gasteiger charge is 2.09. The molecule has 5 heteroatoms. The van der Waals surface area contributed by atoms with E-state index in [4.69, 9.17) is 17.3 Å². The maximum absolute atomic E-state index is 6.04. The smallest absolute Gasteiger partial charge is 0.153 e. The zero-order valence-corrected chi connectivity index (χ0v) is 15.1. The number of benzene rings is 1. The Hall–Kier alpha value is -1.26. The van der Waals surface area contributed by atoms with Gasteiger partial charge in [-0.1, -0.05) is 38.3 Å². The fraction of sp³-hybridized carbons (Fsp3) is 0.611. The summed E-state index contributed by atoms with van der Waals surface area (Å²) in [5.74, 6) is 0.566. The van der Waals surface area contributed by atoms with Crippen LogP contribution in [0.1, 0.15) is 46.0 Å². The number of halogens is 1. The summed E-state index contributed by atoms with van der Waals surface area (Å²) in [6.45, 7) is 8.92. The molecule has 0 atom stereocenters. The average molecular weight is 337 g/mol. The summed E-state index contributed by atoms with van der Waals surface area (Å²) >= 11 is 6.04. The molecule has 0 aliphatic carbocycles. The number of aryl methyl sites for hydroxylation is 1. The van der Waals surface area contributed by atoms with Gasteiger partial charge >= 0.3 is 0 Å². The number of nitrogens with two attached hydrogens (primary N) is 1. The van der Waals surface area contributed by atoms with Crippen LogP contribution in [-0.2, 0) is 6.54 Å². The van der Waals surface area contributed by atoms with E-state index in [1.54, 1.807) is 0 Å². The van der Waals surface area contributed by atoms with Crippen molar-refractivity contribution in [2.75, 3.05) is 25.4 Å². The SMILES string of the molecule is CCCCN(CCCC)CCCn1nc(N)c2cc(Cl)ccc21. The van der Waals surface area contributed by atoms with Crippen molar-refractivity contribution in [3.63, 3.8) is 0 Å². The van der Waals surface area contributed by atoms with Crippen LogP contribution in [0, 0.1) is 0 Å². The van der Waals surface area contributed by atoms with Crippen molar-refractivity contribution in [2.45, 2.75) is 52.5 Å². The minimum Gasteiger partial charge on any atom is -0.382 e. The number of fused-ring (bicyclic) bond motifs is 1. The highest BCUT2D eigenvalue weighted by molar-refractivity contribution is 6.31. The Balaban J connectivity index is 1.94. The molecule has 0 saturated heterocycles. The maximum atomic E-state index is 6.04. The van der Waals surface area contributed by atoms with Crippen molar-refractivity contribution in [3.05, 3.63) is 23.2 Å². The summed E-state index contributed by atoms with van der Waals surface area (Å²) in [5, 5.41) is 6.12. The molecule has 4 nitrogen and oxygen atoms in total. The fourth-order valence-electron chi connectivity index (χ4n) is 2.89. The number of hydrogen-bond acceptors (Lipinski definition) is 3. The number of rotatable bonds is 10. The molecule has 1 aromatic heterocycles. The van der Waals surface area contributed by atoms with Crippen molar-refractivity contribution in [1.82, 2.24) is 14.7 Å². The number of aromatic nitrogens is 2. The van der Waals surface area contributed by atoms with Gasteiger partial charge in [-0.3, -0.25) is 4.68 Å². The molecule has 0 radical (unpaired) electrons. The highest BCUT2D eigenvalue weighted by Crippen LogP contribution is 2.24. The number of anilines is 1. The second-order valence-corrected chi connectivity index (χ2v) is 6.61. The van der Waals surface area contributed by atoms with Gasteiger partial charge in [0.25, 0.3) is 0 Å². The normalized spacial score (nSPS) is 11.7. The van der Waals surface area contributed by atoms with Gasteiger partial charge in [-0.05, 0) is 57.1 Å². The minimum absolute atomic E-state index is 0.566. The second-order valence-electron chi connectivity index (χ2n) is 6.17. The Bertz CT molecular complexity index is 600. The second kappa shape index (κ2) is 9.14. The molecule has 2 N–H and O–H groups in total. The third-order valence-electron chi connectivity index (χ3n) is 4.24. The van der Waals surface area contributed by atoms with Crippen LogP contribution in [0.5, 0.6) is 0 Å². The van der Waals surface area contributed by atoms with Crippen molar-refractivity contribution >= 4 is 28.3 Å². The van der Waals surface area contributed by atoms with E-state index in [2.05, 4.69) is 23.8 Å². The monoisotopic (exact) mass is 336 g/mol. The van der Waals surface area contributed by atoms with Gasteiger partial charge < -0.3 is 10.6 Å². The predicted octanol–water partition coefficient (Wildman–Crippen LogP) is 4.56. The molecule has 0 aliphatic rings. The fourth-order valence-corrected chi connectivity index (χ4v) is 3.06. The van der Waals surface area contributed by atoms with Crippen LogP contribution in [-0.4, -0.2) is 34.3 Å². The molecule has 0 amide bonds. The summed E-state index contributed by atoms with van der Waals surface area (Å²) in [7, 11) is 0.